The quantitative estimate of drug-likeness (QED) is 0.642. The van der Waals surface area contributed by atoms with Gasteiger partial charge in [0.15, 0.2) is 0 Å². The average molecular weight is 230 g/mol. The average Bonchev–Trinajstić information content (AvgIpc) is 2.71. The summed E-state index contributed by atoms with van der Waals surface area (Å²) >= 11 is 0. The molecule has 0 saturated carbocycles. The number of non-ortho nitro benzene ring substituents is 1. The van der Waals surface area contributed by atoms with E-state index in [1.165, 1.54) is 6.07 Å². The highest BCUT2D eigenvalue weighted by Gasteiger charge is 2.10. The molecule has 17 heavy (non-hydrogen) atoms. The SMILES string of the molecule is CC/C=C(\C)c1c[nH]c2ccc([N+](=O)[O-])cc12. The Hall–Kier alpha value is -2.10. The number of benzene rings is 1. The minimum absolute atomic E-state index is 0.127. The van der Waals surface area contributed by atoms with Gasteiger partial charge in [-0.2, -0.15) is 0 Å². The third-order valence-corrected chi connectivity index (χ3v) is 2.81. The second-order valence-electron chi connectivity index (χ2n) is 3.98. The van der Waals surface area contributed by atoms with E-state index in [1.807, 2.05) is 13.1 Å². The molecule has 0 unspecified atom stereocenters. The summed E-state index contributed by atoms with van der Waals surface area (Å²) in [5, 5.41) is 11.7. The molecular formula is C13H14N2O2. The van der Waals surface area contributed by atoms with E-state index in [-0.39, 0.29) is 10.6 Å². The van der Waals surface area contributed by atoms with E-state index in [1.54, 1.807) is 12.1 Å². The Morgan fingerprint density at radius 2 is 2.29 bits per heavy atom. The van der Waals surface area contributed by atoms with Gasteiger partial charge in [-0.05, 0) is 25.0 Å². The third kappa shape index (κ3) is 2.06. The van der Waals surface area contributed by atoms with Crippen LogP contribution in [0.3, 0.4) is 0 Å². The smallest absolute Gasteiger partial charge is 0.270 e. The lowest BCUT2D eigenvalue weighted by Crippen LogP contribution is -1.87. The summed E-state index contributed by atoms with van der Waals surface area (Å²) < 4.78 is 0. The molecule has 0 atom stereocenters. The van der Waals surface area contributed by atoms with Crippen molar-refractivity contribution in [3.8, 4) is 0 Å². The number of aromatic nitrogens is 1. The normalized spacial score (nSPS) is 12.0. The van der Waals surface area contributed by atoms with Crippen molar-refractivity contribution in [2.45, 2.75) is 20.3 Å². The Morgan fingerprint density at radius 3 is 2.94 bits per heavy atom. The second kappa shape index (κ2) is 4.41. The van der Waals surface area contributed by atoms with Crippen molar-refractivity contribution in [2.75, 3.05) is 0 Å². The molecule has 1 aromatic carbocycles. The van der Waals surface area contributed by atoms with Crippen LogP contribution in [0.15, 0.2) is 30.5 Å². The second-order valence-corrected chi connectivity index (χ2v) is 3.98. The van der Waals surface area contributed by atoms with Crippen molar-refractivity contribution in [1.29, 1.82) is 0 Å². The van der Waals surface area contributed by atoms with E-state index >= 15 is 0 Å². The topological polar surface area (TPSA) is 58.9 Å². The minimum Gasteiger partial charge on any atom is -0.361 e. The highest BCUT2D eigenvalue weighted by atomic mass is 16.6. The molecule has 0 bridgehead atoms. The number of nitrogens with one attached hydrogen (secondary N) is 1. The van der Waals surface area contributed by atoms with E-state index in [4.69, 9.17) is 0 Å². The summed E-state index contributed by atoms with van der Waals surface area (Å²) in [5.41, 5.74) is 3.22. The lowest BCUT2D eigenvalue weighted by atomic mass is 10.1. The lowest BCUT2D eigenvalue weighted by Gasteiger charge is -1.99. The molecule has 4 nitrogen and oxygen atoms in total. The van der Waals surface area contributed by atoms with Gasteiger partial charge in [-0.3, -0.25) is 10.1 Å². The maximum Gasteiger partial charge on any atom is 0.270 e. The summed E-state index contributed by atoms with van der Waals surface area (Å²) in [6.07, 6.45) is 4.96. The molecule has 0 spiro atoms. The van der Waals surface area contributed by atoms with Crippen LogP contribution in [0.1, 0.15) is 25.8 Å². The van der Waals surface area contributed by atoms with Crippen molar-refractivity contribution in [3.63, 3.8) is 0 Å². The molecule has 2 aromatic rings. The van der Waals surface area contributed by atoms with Gasteiger partial charge in [-0.15, -0.1) is 0 Å². The number of nitro groups is 1. The van der Waals surface area contributed by atoms with Crippen molar-refractivity contribution in [1.82, 2.24) is 4.98 Å². The number of allylic oxidation sites excluding steroid dienone is 2. The number of nitro benzene ring substituents is 1. The first kappa shape index (κ1) is 11.4. The first-order valence-electron chi connectivity index (χ1n) is 5.56. The zero-order chi connectivity index (χ0) is 12.4. The lowest BCUT2D eigenvalue weighted by molar-refractivity contribution is -0.384. The van der Waals surface area contributed by atoms with Gasteiger partial charge in [-0.1, -0.05) is 13.0 Å². The monoisotopic (exact) mass is 230 g/mol. The highest BCUT2D eigenvalue weighted by Crippen LogP contribution is 2.28. The molecule has 4 heteroatoms. The Balaban J connectivity index is 2.62. The minimum atomic E-state index is -0.366. The number of H-pyrrole nitrogens is 1. The summed E-state index contributed by atoms with van der Waals surface area (Å²) in [6, 6.07) is 4.88. The zero-order valence-electron chi connectivity index (χ0n) is 9.86. The van der Waals surface area contributed by atoms with Crippen LogP contribution in [0.2, 0.25) is 0 Å². The van der Waals surface area contributed by atoms with Crippen molar-refractivity contribution < 1.29 is 4.92 Å². The molecule has 1 heterocycles. The fourth-order valence-electron chi connectivity index (χ4n) is 1.96. The van der Waals surface area contributed by atoms with E-state index in [0.717, 1.165) is 28.5 Å². The molecule has 88 valence electrons. The Kier molecular flexibility index (Phi) is 2.95. The fraction of sp³-hybridized carbons (Fsp3) is 0.231. The Labute approximate surface area is 99.1 Å². The predicted octanol–water partition coefficient (Wildman–Crippen LogP) is 3.89. The summed E-state index contributed by atoms with van der Waals surface area (Å²) in [4.78, 5) is 13.5. The van der Waals surface area contributed by atoms with Crippen LogP contribution in [-0.2, 0) is 0 Å². The molecule has 0 amide bonds. The largest absolute Gasteiger partial charge is 0.361 e. The first-order chi connectivity index (χ1) is 8.13. The molecule has 0 aliphatic carbocycles. The van der Waals surface area contributed by atoms with Crippen molar-refractivity contribution >= 4 is 22.2 Å². The van der Waals surface area contributed by atoms with E-state index in [0.29, 0.717) is 0 Å². The van der Waals surface area contributed by atoms with Crippen LogP contribution in [0, 0.1) is 10.1 Å². The third-order valence-electron chi connectivity index (χ3n) is 2.81. The van der Waals surface area contributed by atoms with Gasteiger partial charge in [-0.25, -0.2) is 0 Å². The number of aromatic amines is 1. The first-order valence-corrected chi connectivity index (χ1v) is 5.56. The predicted molar refractivity (Wildman–Crippen MR) is 68.9 cm³/mol. The molecular weight excluding hydrogens is 216 g/mol. The highest BCUT2D eigenvalue weighted by molar-refractivity contribution is 5.93. The fourth-order valence-corrected chi connectivity index (χ4v) is 1.96. The van der Waals surface area contributed by atoms with Crippen LogP contribution in [0.5, 0.6) is 0 Å². The maximum absolute atomic E-state index is 10.8. The van der Waals surface area contributed by atoms with Crippen LogP contribution in [0.4, 0.5) is 5.69 Å². The molecule has 0 aliphatic heterocycles. The van der Waals surface area contributed by atoms with Crippen molar-refractivity contribution in [2.24, 2.45) is 0 Å². The van der Waals surface area contributed by atoms with E-state index in [2.05, 4.69) is 18.0 Å². The molecule has 1 aromatic heterocycles. The summed E-state index contributed by atoms with van der Waals surface area (Å²) in [5.74, 6) is 0. The molecule has 0 radical (unpaired) electrons. The zero-order valence-corrected chi connectivity index (χ0v) is 9.86. The van der Waals surface area contributed by atoms with Gasteiger partial charge >= 0.3 is 0 Å². The van der Waals surface area contributed by atoms with Gasteiger partial charge < -0.3 is 4.98 Å². The number of hydrogen-bond donors (Lipinski definition) is 1. The summed E-state index contributed by atoms with van der Waals surface area (Å²) in [6.45, 7) is 4.09. The Morgan fingerprint density at radius 1 is 1.53 bits per heavy atom. The molecule has 0 aliphatic rings. The molecule has 0 fully saturated rings. The number of rotatable bonds is 3. The summed E-state index contributed by atoms with van der Waals surface area (Å²) in [7, 11) is 0. The van der Waals surface area contributed by atoms with Gasteiger partial charge in [0.25, 0.3) is 5.69 Å². The van der Waals surface area contributed by atoms with E-state index < -0.39 is 0 Å². The molecule has 2 rings (SSSR count). The van der Waals surface area contributed by atoms with Gasteiger partial charge in [0, 0.05) is 34.8 Å². The van der Waals surface area contributed by atoms with Crippen molar-refractivity contribution in [3.05, 3.63) is 46.1 Å². The van der Waals surface area contributed by atoms with Crippen LogP contribution in [0.25, 0.3) is 16.5 Å². The van der Waals surface area contributed by atoms with Gasteiger partial charge in [0.05, 0.1) is 4.92 Å². The standard InChI is InChI=1S/C13H14N2O2/c1-3-4-9(2)12-8-14-13-6-5-10(15(16)17)7-11(12)13/h4-8,14H,3H2,1-2H3/b9-4+. The number of fused-ring (bicyclic) bond motifs is 1. The number of nitrogens with zero attached hydrogens (tertiary/aromatic N) is 1. The molecule has 1 N–H and O–H groups in total. The van der Waals surface area contributed by atoms with Crippen LogP contribution < -0.4 is 0 Å². The van der Waals surface area contributed by atoms with Crippen LogP contribution >= 0.6 is 0 Å². The van der Waals surface area contributed by atoms with Gasteiger partial charge in [0.2, 0.25) is 0 Å². The van der Waals surface area contributed by atoms with Crippen LogP contribution in [-0.4, -0.2) is 9.91 Å². The Bertz CT molecular complexity index is 596. The number of hydrogen-bond acceptors (Lipinski definition) is 2. The molecule has 0 saturated heterocycles. The maximum atomic E-state index is 10.8. The van der Waals surface area contributed by atoms with E-state index in [9.17, 15) is 10.1 Å². The van der Waals surface area contributed by atoms with Gasteiger partial charge in [0.1, 0.15) is 0 Å².